The summed E-state index contributed by atoms with van der Waals surface area (Å²) in [6.07, 6.45) is 1.49. The Morgan fingerprint density at radius 1 is 1.29 bits per heavy atom. The molecule has 2 heterocycles. The van der Waals surface area contributed by atoms with Crippen molar-refractivity contribution in [3.63, 3.8) is 0 Å². The molecule has 0 bridgehead atoms. The number of thioether (sulfide) groups is 1. The minimum atomic E-state index is -0.0299. The Balaban J connectivity index is 1.41. The third-order valence-corrected chi connectivity index (χ3v) is 4.75. The lowest BCUT2D eigenvalue weighted by atomic mass is 10.1. The Hall–Kier alpha value is -1.90. The molecule has 1 aromatic carbocycles. The Morgan fingerprint density at radius 3 is 2.79 bits per heavy atom. The molecule has 0 atom stereocenters. The Morgan fingerprint density at radius 2 is 2.08 bits per heavy atom. The average molecular weight is 347 g/mol. The van der Waals surface area contributed by atoms with Gasteiger partial charge in [0.15, 0.2) is 5.16 Å². The Kier molecular flexibility index (Phi) is 6.22. The van der Waals surface area contributed by atoms with E-state index in [1.165, 1.54) is 6.33 Å². The van der Waals surface area contributed by atoms with Crippen LogP contribution in [0.4, 0.5) is 0 Å². The van der Waals surface area contributed by atoms with Crippen LogP contribution in [0.2, 0.25) is 0 Å². The minimum Gasteiger partial charge on any atom is -0.379 e. The second kappa shape index (κ2) is 8.81. The first-order valence-corrected chi connectivity index (χ1v) is 8.95. The van der Waals surface area contributed by atoms with Crippen LogP contribution in [0.1, 0.15) is 15.9 Å². The van der Waals surface area contributed by atoms with Crippen molar-refractivity contribution >= 4 is 17.7 Å². The lowest BCUT2D eigenvalue weighted by molar-refractivity contribution is 0.0383. The summed E-state index contributed by atoms with van der Waals surface area (Å²) in [5.41, 5.74) is 1.83. The number of aromatic nitrogens is 3. The predicted molar refractivity (Wildman–Crippen MR) is 92.0 cm³/mol. The van der Waals surface area contributed by atoms with E-state index in [0.29, 0.717) is 12.1 Å². The van der Waals surface area contributed by atoms with Crippen LogP contribution in [0.5, 0.6) is 0 Å². The Bertz CT molecular complexity index is 626. The zero-order chi connectivity index (χ0) is 16.6. The maximum absolute atomic E-state index is 12.2. The maximum Gasteiger partial charge on any atom is 0.251 e. The van der Waals surface area contributed by atoms with E-state index in [2.05, 4.69) is 25.4 Å². The number of carbonyl (C=O) groups is 1. The molecule has 7 nitrogen and oxygen atoms in total. The molecule has 1 aromatic heterocycles. The first-order valence-electron chi connectivity index (χ1n) is 7.97. The second-order valence-electron chi connectivity index (χ2n) is 5.49. The number of H-pyrrole nitrogens is 1. The van der Waals surface area contributed by atoms with Gasteiger partial charge in [0.2, 0.25) is 0 Å². The van der Waals surface area contributed by atoms with Crippen LogP contribution in [-0.4, -0.2) is 65.4 Å². The smallest absolute Gasteiger partial charge is 0.251 e. The van der Waals surface area contributed by atoms with Crippen molar-refractivity contribution in [2.75, 3.05) is 39.4 Å². The molecule has 1 amide bonds. The van der Waals surface area contributed by atoms with Crippen LogP contribution < -0.4 is 5.32 Å². The van der Waals surface area contributed by atoms with Gasteiger partial charge in [0.25, 0.3) is 5.91 Å². The fourth-order valence-corrected chi connectivity index (χ4v) is 3.16. The number of ether oxygens (including phenoxy) is 1. The molecular formula is C16H21N5O2S. The fourth-order valence-electron chi connectivity index (χ4n) is 2.42. The largest absolute Gasteiger partial charge is 0.379 e. The molecular weight excluding hydrogens is 326 g/mol. The molecule has 0 aliphatic carbocycles. The topological polar surface area (TPSA) is 83.1 Å². The number of hydrogen-bond acceptors (Lipinski definition) is 6. The second-order valence-corrected chi connectivity index (χ2v) is 6.45. The van der Waals surface area contributed by atoms with Gasteiger partial charge in [0.1, 0.15) is 6.33 Å². The third kappa shape index (κ3) is 5.05. The van der Waals surface area contributed by atoms with E-state index in [9.17, 15) is 4.79 Å². The molecule has 8 heteroatoms. The zero-order valence-electron chi connectivity index (χ0n) is 13.4. The van der Waals surface area contributed by atoms with Crippen molar-refractivity contribution in [1.82, 2.24) is 25.4 Å². The number of rotatable bonds is 7. The molecule has 1 saturated heterocycles. The first-order chi connectivity index (χ1) is 11.8. The molecule has 1 aliphatic heterocycles. The van der Waals surface area contributed by atoms with E-state index < -0.39 is 0 Å². The summed E-state index contributed by atoms with van der Waals surface area (Å²) in [4.78, 5) is 18.5. The van der Waals surface area contributed by atoms with E-state index in [1.807, 2.05) is 24.3 Å². The molecule has 0 unspecified atom stereocenters. The van der Waals surface area contributed by atoms with Crippen molar-refractivity contribution < 1.29 is 9.53 Å². The number of nitrogens with one attached hydrogen (secondary N) is 2. The van der Waals surface area contributed by atoms with Gasteiger partial charge in [-0.3, -0.25) is 14.8 Å². The molecule has 2 N–H and O–H groups in total. The highest BCUT2D eigenvalue weighted by atomic mass is 32.2. The fraction of sp³-hybridized carbons (Fsp3) is 0.438. The lowest BCUT2D eigenvalue weighted by Gasteiger charge is -2.26. The summed E-state index contributed by atoms with van der Waals surface area (Å²) in [7, 11) is 0. The Labute approximate surface area is 145 Å². The van der Waals surface area contributed by atoms with Gasteiger partial charge in [0, 0.05) is 37.5 Å². The monoisotopic (exact) mass is 347 g/mol. The van der Waals surface area contributed by atoms with Crippen LogP contribution >= 0.6 is 11.8 Å². The number of aromatic amines is 1. The predicted octanol–water partition coefficient (Wildman–Crippen LogP) is 1.16. The van der Waals surface area contributed by atoms with E-state index >= 15 is 0 Å². The molecule has 1 aliphatic rings. The molecule has 128 valence electrons. The quantitative estimate of drug-likeness (QED) is 0.732. The summed E-state index contributed by atoms with van der Waals surface area (Å²) < 4.78 is 5.31. The van der Waals surface area contributed by atoms with Crippen molar-refractivity contribution in [3.8, 4) is 0 Å². The summed E-state index contributed by atoms with van der Waals surface area (Å²) in [6, 6.07) is 7.67. The van der Waals surface area contributed by atoms with Crippen LogP contribution in [0, 0.1) is 0 Å². The van der Waals surface area contributed by atoms with E-state index in [1.54, 1.807) is 11.8 Å². The van der Waals surface area contributed by atoms with Crippen LogP contribution in [-0.2, 0) is 10.5 Å². The third-order valence-electron chi connectivity index (χ3n) is 3.80. The van der Waals surface area contributed by atoms with Gasteiger partial charge in [-0.2, -0.15) is 5.10 Å². The van der Waals surface area contributed by atoms with Crippen molar-refractivity contribution in [3.05, 3.63) is 41.7 Å². The minimum absolute atomic E-state index is 0.0299. The van der Waals surface area contributed by atoms with Crippen LogP contribution in [0.3, 0.4) is 0 Å². The van der Waals surface area contributed by atoms with Crippen LogP contribution in [0.15, 0.2) is 35.7 Å². The van der Waals surface area contributed by atoms with Gasteiger partial charge >= 0.3 is 0 Å². The summed E-state index contributed by atoms with van der Waals surface area (Å²) in [6.45, 7) is 4.95. The van der Waals surface area contributed by atoms with E-state index in [-0.39, 0.29) is 5.91 Å². The van der Waals surface area contributed by atoms with Gasteiger partial charge in [-0.05, 0) is 17.7 Å². The highest BCUT2D eigenvalue weighted by Crippen LogP contribution is 2.18. The van der Waals surface area contributed by atoms with Crippen molar-refractivity contribution in [2.45, 2.75) is 10.9 Å². The zero-order valence-corrected chi connectivity index (χ0v) is 14.2. The number of amides is 1. The number of hydrogen-bond donors (Lipinski definition) is 2. The normalized spacial score (nSPS) is 15.3. The number of carbonyl (C=O) groups excluding carboxylic acids is 1. The van der Waals surface area contributed by atoms with Gasteiger partial charge in [-0.25, -0.2) is 4.98 Å². The van der Waals surface area contributed by atoms with Crippen molar-refractivity contribution in [1.29, 1.82) is 0 Å². The number of nitrogens with zero attached hydrogens (tertiary/aromatic N) is 3. The highest BCUT2D eigenvalue weighted by Gasteiger charge is 2.11. The van der Waals surface area contributed by atoms with E-state index in [4.69, 9.17) is 4.74 Å². The molecule has 0 spiro atoms. The summed E-state index contributed by atoms with van der Waals surface area (Å²) in [5, 5.41) is 10.4. The maximum atomic E-state index is 12.2. The first kappa shape index (κ1) is 16.9. The highest BCUT2D eigenvalue weighted by molar-refractivity contribution is 7.98. The van der Waals surface area contributed by atoms with Crippen LogP contribution in [0.25, 0.3) is 0 Å². The molecule has 1 fully saturated rings. The van der Waals surface area contributed by atoms with Gasteiger partial charge < -0.3 is 10.1 Å². The van der Waals surface area contributed by atoms with Gasteiger partial charge in [0.05, 0.1) is 13.2 Å². The summed E-state index contributed by atoms with van der Waals surface area (Å²) in [5.74, 6) is 0.756. The standard InChI is InChI=1S/C16H21N5O2S/c22-15(17-5-6-21-7-9-23-10-8-21)14-3-1-13(2-4-14)11-24-16-18-12-19-20-16/h1-4,12H,5-11H2,(H,17,22)(H,18,19,20). The van der Waals surface area contributed by atoms with Gasteiger partial charge in [-0.15, -0.1) is 0 Å². The van der Waals surface area contributed by atoms with Gasteiger partial charge in [-0.1, -0.05) is 23.9 Å². The average Bonchev–Trinajstić information content (AvgIpc) is 3.15. The number of morpholine rings is 1. The molecule has 3 rings (SSSR count). The molecule has 2 aromatic rings. The number of benzene rings is 1. The SMILES string of the molecule is O=C(NCCN1CCOCC1)c1ccc(CSc2ncn[nH]2)cc1. The summed E-state index contributed by atoms with van der Waals surface area (Å²) >= 11 is 1.58. The molecule has 0 radical (unpaired) electrons. The van der Waals surface area contributed by atoms with Crippen molar-refractivity contribution in [2.24, 2.45) is 0 Å². The van der Waals surface area contributed by atoms with E-state index in [0.717, 1.165) is 49.3 Å². The molecule has 0 saturated carbocycles. The lowest BCUT2D eigenvalue weighted by Crippen LogP contribution is -2.41. The molecule has 24 heavy (non-hydrogen) atoms.